The number of hydrogen-bond donors (Lipinski definition) is 3. The maximum Gasteiger partial charge on any atom is 0.222 e. The van der Waals surface area contributed by atoms with Crippen molar-refractivity contribution in [3.63, 3.8) is 0 Å². The highest BCUT2D eigenvalue weighted by Gasteiger charge is 2.14. The Kier molecular flexibility index (Phi) is 4.15. The molecule has 1 aliphatic rings. The fraction of sp³-hybridized carbons (Fsp3) is 0.818. The van der Waals surface area contributed by atoms with Gasteiger partial charge in [0.15, 0.2) is 5.96 Å². The molecule has 0 aromatic rings. The first-order valence-corrected chi connectivity index (χ1v) is 5.73. The number of amides is 1. The van der Waals surface area contributed by atoms with E-state index in [1.54, 1.807) is 0 Å². The molecule has 0 radical (unpaired) electrons. The van der Waals surface area contributed by atoms with E-state index in [0.717, 1.165) is 12.5 Å². The molecule has 0 spiro atoms. The molecule has 1 unspecified atom stereocenters. The van der Waals surface area contributed by atoms with E-state index < -0.39 is 0 Å². The van der Waals surface area contributed by atoms with E-state index in [1.165, 1.54) is 0 Å². The molecule has 0 saturated heterocycles. The van der Waals surface area contributed by atoms with Crippen LogP contribution in [0.1, 0.15) is 34.1 Å². The van der Waals surface area contributed by atoms with Crippen molar-refractivity contribution in [3.05, 3.63) is 0 Å². The summed E-state index contributed by atoms with van der Waals surface area (Å²) in [7, 11) is 0. The maximum absolute atomic E-state index is 11.5. The lowest BCUT2D eigenvalue weighted by Gasteiger charge is -2.20. The van der Waals surface area contributed by atoms with Gasteiger partial charge >= 0.3 is 0 Å². The number of nitrogens with one attached hydrogen (secondary N) is 3. The van der Waals surface area contributed by atoms with Crippen LogP contribution >= 0.6 is 0 Å². The Balaban J connectivity index is 2.14. The highest BCUT2D eigenvalue weighted by atomic mass is 16.1. The van der Waals surface area contributed by atoms with Crippen LogP contribution in [0.5, 0.6) is 0 Å². The van der Waals surface area contributed by atoms with Crippen molar-refractivity contribution >= 4 is 11.9 Å². The van der Waals surface area contributed by atoms with E-state index in [0.29, 0.717) is 19.0 Å². The lowest BCUT2D eigenvalue weighted by atomic mass is 10.1. The quantitative estimate of drug-likeness (QED) is 0.645. The van der Waals surface area contributed by atoms with Gasteiger partial charge in [0.25, 0.3) is 0 Å². The Labute approximate surface area is 97.1 Å². The summed E-state index contributed by atoms with van der Waals surface area (Å²) < 4.78 is 0. The molecule has 1 heterocycles. The SMILES string of the molecule is CC1CN=C(NCCC(=O)NC(C)(C)C)N1. The van der Waals surface area contributed by atoms with Crippen LogP contribution in [-0.4, -0.2) is 36.5 Å². The van der Waals surface area contributed by atoms with E-state index in [4.69, 9.17) is 0 Å². The Morgan fingerprint density at radius 3 is 2.75 bits per heavy atom. The second-order valence-corrected chi connectivity index (χ2v) is 5.21. The molecule has 5 heteroatoms. The fourth-order valence-corrected chi connectivity index (χ4v) is 1.44. The third-order valence-corrected chi connectivity index (χ3v) is 2.07. The van der Waals surface area contributed by atoms with Crippen molar-refractivity contribution in [2.45, 2.75) is 45.7 Å². The van der Waals surface area contributed by atoms with Crippen molar-refractivity contribution in [1.82, 2.24) is 16.0 Å². The van der Waals surface area contributed by atoms with Crippen molar-refractivity contribution in [3.8, 4) is 0 Å². The Morgan fingerprint density at radius 2 is 2.25 bits per heavy atom. The topological polar surface area (TPSA) is 65.5 Å². The first kappa shape index (κ1) is 12.8. The van der Waals surface area contributed by atoms with Crippen LogP contribution in [0.25, 0.3) is 0 Å². The Bertz CT molecular complexity index is 280. The van der Waals surface area contributed by atoms with E-state index in [-0.39, 0.29) is 11.4 Å². The van der Waals surface area contributed by atoms with Crippen molar-refractivity contribution < 1.29 is 4.79 Å². The Morgan fingerprint density at radius 1 is 1.56 bits per heavy atom. The van der Waals surface area contributed by atoms with Gasteiger partial charge in [-0.3, -0.25) is 9.79 Å². The van der Waals surface area contributed by atoms with Gasteiger partial charge in [-0.05, 0) is 27.7 Å². The van der Waals surface area contributed by atoms with Crippen molar-refractivity contribution in [1.29, 1.82) is 0 Å². The third-order valence-electron chi connectivity index (χ3n) is 2.07. The molecular weight excluding hydrogens is 204 g/mol. The highest BCUT2D eigenvalue weighted by Crippen LogP contribution is 1.98. The number of carbonyl (C=O) groups excluding carboxylic acids is 1. The molecule has 3 N–H and O–H groups in total. The number of carbonyl (C=O) groups is 1. The summed E-state index contributed by atoms with van der Waals surface area (Å²) >= 11 is 0. The number of guanidine groups is 1. The summed E-state index contributed by atoms with van der Waals surface area (Å²) in [4.78, 5) is 15.7. The monoisotopic (exact) mass is 226 g/mol. The van der Waals surface area contributed by atoms with Crippen LogP contribution in [0.2, 0.25) is 0 Å². The first-order valence-electron chi connectivity index (χ1n) is 5.73. The number of nitrogens with zero attached hydrogens (tertiary/aromatic N) is 1. The molecule has 5 nitrogen and oxygen atoms in total. The van der Waals surface area contributed by atoms with Gasteiger partial charge in [0, 0.05) is 24.5 Å². The molecule has 16 heavy (non-hydrogen) atoms. The van der Waals surface area contributed by atoms with Gasteiger partial charge in [-0.1, -0.05) is 0 Å². The van der Waals surface area contributed by atoms with Crippen molar-refractivity contribution in [2.24, 2.45) is 4.99 Å². The molecule has 1 aliphatic heterocycles. The van der Waals surface area contributed by atoms with Gasteiger partial charge in [-0.15, -0.1) is 0 Å². The minimum Gasteiger partial charge on any atom is -0.356 e. The summed E-state index contributed by atoms with van der Waals surface area (Å²) in [5.41, 5.74) is -0.158. The molecule has 1 amide bonds. The maximum atomic E-state index is 11.5. The predicted octanol–water partition coefficient (Wildman–Crippen LogP) is 0.229. The van der Waals surface area contributed by atoms with Gasteiger partial charge in [-0.25, -0.2) is 0 Å². The molecule has 0 aromatic carbocycles. The van der Waals surface area contributed by atoms with E-state index >= 15 is 0 Å². The molecule has 1 rings (SSSR count). The standard InChI is InChI=1S/C11H22N4O/c1-8-7-13-10(14-8)12-6-5-9(16)15-11(2,3)4/h8H,5-7H2,1-4H3,(H,15,16)(H2,12,13,14). The minimum absolute atomic E-state index is 0.0617. The largest absolute Gasteiger partial charge is 0.356 e. The zero-order valence-electron chi connectivity index (χ0n) is 10.6. The van der Waals surface area contributed by atoms with Crippen LogP contribution < -0.4 is 16.0 Å². The Hall–Kier alpha value is -1.26. The molecular formula is C11H22N4O. The summed E-state index contributed by atoms with van der Waals surface area (Å²) in [5, 5.41) is 9.20. The second kappa shape index (κ2) is 5.18. The number of hydrogen-bond acceptors (Lipinski definition) is 4. The van der Waals surface area contributed by atoms with Gasteiger partial charge in [0.05, 0.1) is 6.54 Å². The third kappa shape index (κ3) is 5.00. The second-order valence-electron chi connectivity index (χ2n) is 5.21. The molecule has 0 fully saturated rings. The van der Waals surface area contributed by atoms with Crippen LogP contribution in [0.15, 0.2) is 4.99 Å². The van der Waals surface area contributed by atoms with Gasteiger partial charge < -0.3 is 16.0 Å². The van der Waals surface area contributed by atoms with Crippen LogP contribution in [-0.2, 0) is 4.79 Å². The summed E-state index contributed by atoms with van der Waals surface area (Å²) in [6.07, 6.45) is 0.465. The highest BCUT2D eigenvalue weighted by molar-refractivity contribution is 5.82. The molecule has 0 saturated carbocycles. The first-order chi connectivity index (χ1) is 7.37. The summed E-state index contributed by atoms with van der Waals surface area (Å²) in [6.45, 7) is 9.41. The van der Waals surface area contributed by atoms with E-state index in [2.05, 4.69) is 27.9 Å². The van der Waals surface area contributed by atoms with E-state index in [9.17, 15) is 4.79 Å². The van der Waals surface area contributed by atoms with Gasteiger partial charge in [0.2, 0.25) is 5.91 Å². The molecule has 92 valence electrons. The number of rotatable bonds is 3. The van der Waals surface area contributed by atoms with Gasteiger partial charge in [0.1, 0.15) is 0 Å². The number of aliphatic imine (C=N–C) groups is 1. The lowest BCUT2D eigenvalue weighted by Crippen LogP contribution is -2.43. The molecule has 0 aliphatic carbocycles. The average molecular weight is 226 g/mol. The molecule has 0 bridgehead atoms. The lowest BCUT2D eigenvalue weighted by molar-refractivity contribution is -0.122. The van der Waals surface area contributed by atoms with Crippen molar-refractivity contribution in [2.75, 3.05) is 13.1 Å². The zero-order valence-corrected chi connectivity index (χ0v) is 10.6. The zero-order chi connectivity index (χ0) is 12.2. The van der Waals surface area contributed by atoms with E-state index in [1.807, 2.05) is 20.8 Å². The molecule has 0 aromatic heterocycles. The summed E-state index contributed by atoms with van der Waals surface area (Å²) in [6, 6.07) is 0.394. The summed E-state index contributed by atoms with van der Waals surface area (Å²) in [5.74, 6) is 0.864. The predicted molar refractivity (Wildman–Crippen MR) is 65.4 cm³/mol. The minimum atomic E-state index is -0.158. The van der Waals surface area contributed by atoms with Crippen LogP contribution in [0.3, 0.4) is 0 Å². The molecule has 1 atom stereocenters. The van der Waals surface area contributed by atoms with Crippen LogP contribution in [0, 0.1) is 0 Å². The fourth-order valence-electron chi connectivity index (χ4n) is 1.44. The normalized spacial score (nSPS) is 20.0. The smallest absolute Gasteiger partial charge is 0.222 e. The van der Waals surface area contributed by atoms with Crippen LogP contribution in [0.4, 0.5) is 0 Å². The van der Waals surface area contributed by atoms with Gasteiger partial charge in [-0.2, -0.15) is 0 Å². The average Bonchev–Trinajstić information content (AvgIpc) is 2.48.